The van der Waals surface area contributed by atoms with Gasteiger partial charge in [-0.05, 0) is 12.5 Å². The zero-order valence-corrected chi connectivity index (χ0v) is 13.3. The van der Waals surface area contributed by atoms with Crippen LogP contribution in [0, 0.1) is 6.92 Å². The van der Waals surface area contributed by atoms with Gasteiger partial charge in [0.1, 0.15) is 5.75 Å². The molecule has 0 saturated heterocycles. The molecule has 0 aliphatic heterocycles. The van der Waals surface area contributed by atoms with Gasteiger partial charge in [0.25, 0.3) is 0 Å². The predicted molar refractivity (Wildman–Crippen MR) is 81.7 cm³/mol. The maximum atomic E-state index is 12.2. The van der Waals surface area contributed by atoms with E-state index in [0.29, 0.717) is 11.0 Å². The summed E-state index contributed by atoms with van der Waals surface area (Å²) in [5.74, 6) is 0.266. The van der Waals surface area contributed by atoms with Crippen molar-refractivity contribution in [1.82, 2.24) is 9.36 Å². The minimum absolute atomic E-state index is 0.0190. The number of rotatable bonds is 5. The third kappa shape index (κ3) is 4.01. The van der Waals surface area contributed by atoms with E-state index in [0.717, 1.165) is 11.1 Å². The third-order valence-electron chi connectivity index (χ3n) is 2.66. The van der Waals surface area contributed by atoms with Gasteiger partial charge in [-0.15, -0.1) is 0 Å². The Morgan fingerprint density at radius 1 is 1.25 bits per heavy atom. The quantitative estimate of drug-likeness (QED) is 0.845. The van der Waals surface area contributed by atoms with Gasteiger partial charge in [0.15, 0.2) is 15.7 Å². The molecule has 0 spiro atoms. The summed E-state index contributed by atoms with van der Waals surface area (Å²) >= 11 is 1.21. The van der Waals surface area contributed by atoms with Crippen molar-refractivity contribution in [1.29, 1.82) is 0 Å². The van der Waals surface area contributed by atoms with E-state index < -0.39 is 9.84 Å². The lowest BCUT2D eigenvalue weighted by molar-refractivity contribution is 0.593. The van der Waals surface area contributed by atoms with Gasteiger partial charge in [-0.3, -0.25) is 0 Å². The first-order valence-electron chi connectivity index (χ1n) is 6.11. The summed E-state index contributed by atoms with van der Waals surface area (Å²) in [5.41, 5.74) is 1.85. The van der Waals surface area contributed by atoms with Crippen LogP contribution in [0.1, 0.15) is 17.0 Å². The van der Waals surface area contributed by atoms with Crippen LogP contribution in [0.4, 0.5) is 5.13 Å². The number of aromatic nitrogens is 2. The van der Waals surface area contributed by atoms with Crippen LogP contribution in [-0.2, 0) is 21.3 Å². The third-order valence-corrected chi connectivity index (χ3v) is 5.05. The first-order chi connectivity index (χ1) is 9.35. The Morgan fingerprint density at radius 2 is 2.00 bits per heavy atom. The van der Waals surface area contributed by atoms with Crippen LogP contribution in [0.25, 0.3) is 0 Å². The van der Waals surface area contributed by atoms with Crippen molar-refractivity contribution >= 4 is 26.5 Å². The minimum atomic E-state index is -3.25. The average Bonchev–Trinajstić information content (AvgIpc) is 2.75. The molecule has 0 fully saturated rings. The summed E-state index contributed by atoms with van der Waals surface area (Å²) in [4.78, 5) is 6.02. The van der Waals surface area contributed by atoms with E-state index in [-0.39, 0.29) is 11.5 Å². The maximum absolute atomic E-state index is 12.2. The van der Waals surface area contributed by atoms with E-state index in [1.165, 1.54) is 11.5 Å². The van der Waals surface area contributed by atoms with Crippen LogP contribution >= 0.6 is 11.5 Å². The first-order valence-corrected chi connectivity index (χ1v) is 8.71. The molecule has 7 heteroatoms. The largest absolute Gasteiger partial charge is 0.353 e. The summed E-state index contributed by atoms with van der Waals surface area (Å²) < 4.78 is 28.4. The summed E-state index contributed by atoms with van der Waals surface area (Å²) in [5, 5.41) is 0.714. The zero-order chi connectivity index (χ0) is 14.8. The average molecular weight is 311 g/mol. The lowest BCUT2D eigenvalue weighted by Gasteiger charge is -2.05. The molecule has 0 aliphatic rings. The van der Waals surface area contributed by atoms with E-state index in [1.807, 2.05) is 50.2 Å². The maximum Gasteiger partial charge on any atom is 0.204 e. The van der Waals surface area contributed by atoms with Crippen molar-refractivity contribution in [2.24, 2.45) is 0 Å². The number of aryl methyl sites for hydroxylation is 1. The minimum Gasteiger partial charge on any atom is -0.353 e. The van der Waals surface area contributed by atoms with E-state index in [9.17, 15) is 8.42 Å². The Balaban J connectivity index is 2.10. The monoisotopic (exact) mass is 311 g/mol. The lowest BCUT2D eigenvalue weighted by atomic mass is 10.2. The van der Waals surface area contributed by atoms with Crippen molar-refractivity contribution in [3.63, 3.8) is 0 Å². The topological polar surface area (TPSA) is 63.2 Å². The van der Waals surface area contributed by atoms with Crippen LogP contribution in [0.3, 0.4) is 0 Å². The Hall–Kier alpha value is -1.47. The van der Waals surface area contributed by atoms with Crippen molar-refractivity contribution in [3.05, 3.63) is 41.2 Å². The molecule has 2 rings (SSSR count). The highest BCUT2D eigenvalue weighted by Crippen LogP contribution is 2.17. The van der Waals surface area contributed by atoms with Gasteiger partial charge in [-0.25, -0.2) is 13.4 Å². The van der Waals surface area contributed by atoms with Gasteiger partial charge < -0.3 is 4.90 Å². The highest BCUT2D eigenvalue weighted by molar-refractivity contribution is 7.89. The molecule has 108 valence electrons. The van der Waals surface area contributed by atoms with Gasteiger partial charge in [0.05, 0.1) is 5.75 Å². The molecule has 5 nitrogen and oxygen atoms in total. The normalized spacial score (nSPS) is 11.6. The van der Waals surface area contributed by atoms with Gasteiger partial charge in [-0.1, -0.05) is 29.8 Å². The highest BCUT2D eigenvalue weighted by atomic mass is 32.2. The molecule has 0 aliphatic carbocycles. The SMILES string of the molecule is Cc1cccc(CS(=O)(=O)Cc2nsc(N(C)C)n2)c1. The van der Waals surface area contributed by atoms with Crippen LogP contribution in [0.15, 0.2) is 24.3 Å². The number of anilines is 1. The summed E-state index contributed by atoms with van der Waals surface area (Å²) in [6.45, 7) is 1.95. The number of hydrogen-bond acceptors (Lipinski definition) is 6. The van der Waals surface area contributed by atoms with Gasteiger partial charge in [0.2, 0.25) is 5.13 Å². The van der Waals surface area contributed by atoms with Crippen molar-refractivity contribution in [2.75, 3.05) is 19.0 Å². The van der Waals surface area contributed by atoms with Crippen molar-refractivity contribution in [3.8, 4) is 0 Å². The molecule has 0 atom stereocenters. The summed E-state index contributed by atoms with van der Waals surface area (Å²) in [6.07, 6.45) is 0. The number of benzene rings is 1. The van der Waals surface area contributed by atoms with Crippen LogP contribution in [-0.4, -0.2) is 31.9 Å². The van der Waals surface area contributed by atoms with E-state index in [2.05, 4.69) is 9.36 Å². The van der Waals surface area contributed by atoms with E-state index in [1.54, 1.807) is 0 Å². The number of hydrogen-bond donors (Lipinski definition) is 0. The molecule has 0 amide bonds. The van der Waals surface area contributed by atoms with Crippen LogP contribution in [0.2, 0.25) is 0 Å². The van der Waals surface area contributed by atoms with Gasteiger partial charge >= 0.3 is 0 Å². The molecular formula is C13H17N3O2S2. The Bertz CT molecular complexity index is 693. The molecule has 20 heavy (non-hydrogen) atoms. The first kappa shape index (κ1) is 14.9. The highest BCUT2D eigenvalue weighted by Gasteiger charge is 2.17. The van der Waals surface area contributed by atoms with Gasteiger partial charge in [0, 0.05) is 25.6 Å². The predicted octanol–water partition coefficient (Wildman–Crippen LogP) is 2.03. The van der Waals surface area contributed by atoms with Gasteiger partial charge in [-0.2, -0.15) is 4.37 Å². The summed E-state index contributed by atoms with van der Waals surface area (Å²) in [7, 11) is 0.452. The fourth-order valence-corrected chi connectivity index (χ4v) is 3.78. The fourth-order valence-electron chi connectivity index (χ4n) is 1.79. The molecule has 0 unspecified atom stereocenters. The molecule has 1 heterocycles. The standard InChI is InChI=1S/C13H17N3O2S2/c1-10-5-4-6-11(7-10)8-20(17,18)9-12-14-13(16(2)3)19-15-12/h4-7H,8-9H2,1-3H3. The van der Waals surface area contributed by atoms with Crippen molar-refractivity contribution in [2.45, 2.75) is 18.4 Å². The van der Waals surface area contributed by atoms with Crippen molar-refractivity contribution < 1.29 is 8.42 Å². The second-order valence-electron chi connectivity index (χ2n) is 4.91. The Labute approximate surface area is 123 Å². The lowest BCUT2D eigenvalue weighted by Crippen LogP contribution is -2.10. The molecule has 1 aromatic heterocycles. The van der Waals surface area contributed by atoms with E-state index >= 15 is 0 Å². The smallest absolute Gasteiger partial charge is 0.204 e. The molecule has 0 bridgehead atoms. The molecule has 0 saturated carbocycles. The summed E-state index contributed by atoms with van der Waals surface area (Å²) in [6, 6.07) is 7.52. The Kier molecular flexibility index (Phi) is 4.39. The number of sulfone groups is 1. The second-order valence-corrected chi connectivity index (χ2v) is 7.70. The number of nitrogens with zero attached hydrogens (tertiary/aromatic N) is 3. The van der Waals surface area contributed by atoms with E-state index in [4.69, 9.17) is 0 Å². The fraction of sp³-hybridized carbons (Fsp3) is 0.385. The zero-order valence-electron chi connectivity index (χ0n) is 11.7. The van der Waals surface area contributed by atoms with Crippen LogP contribution < -0.4 is 4.90 Å². The molecular weight excluding hydrogens is 294 g/mol. The molecule has 1 aromatic carbocycles. The molecule has 2 aromatic rings. The van der Waals surface area contributed by atoms with Crippen LogP contribution in [0.5, 0.6) is 0 Å². The Morgan fingerprint density at radius 3 is 2.60 bits per heavy atom. The second kappa shape index (κ2) is 5.88. The molecule has 0 radical (unpaired) electrons. The molecule has 0 N–H and O–H groups in total.